The van der Waals surface area contributed by atoms with Gasteiger partial charge in [-0.3, -0.25) is 0 Å². The van der Waals surface area contributed by atoms with Crippen LogP contribution in [-0.4, -0.2) is 34.0 Å². The maximum Gasteiger partial charge on any atom is 0.234 e. The number of halogens is 1. The van der Waals surface area contributed by atoms with Crippen LogP contribution in [0.5, 0.6) is 0 Å². The second kappa shape index (κ2) is 7.24. The quantitative estimate of drug-likeness (QED) is 0.540. The predicted octanol–water partition coefficient (Wildman–Crippen LogP) is 1.85. The summed E-state index contributed by atoms with van der Waals surface area (Å²) in [6.07, 6.45) is 0. The van der Waals surface area contributed by atoms with Gasteiger partial charge in [0.25, 0.3) is 0 Å². The summed E-state index contributed by atoms with van der Waals surface area (Å²) in [5.74, 6) is -0.167. The van der Waals surface area contributed by atoms with Crippen molar-refractivity contribution in [3.05, 3.63) is 22.4 Å². The van der Waals surface area contributed by atoms with Gasteiger partial charge in [-0.1, -0.05) is 6.07 Å². The minimum absolute atomic E-state index is 0.105. The Morgan fingerprint density at radius 3 is 2.62 bits per heavy atom. The Labute approximate surface area is 104 Å². The molecule has 0 aliphatic carbocycles. The summed E-state index contributed by atoms with van der Waals surface area (Å²) in [5, 5.41) is 1.99. The van der Waals surface area contributed by atoms with E-state index in [1.54, 1.807) is 11.3 Å². The van der Waals surface area contributed by atoms with E-state index in [0.717, 1.165) is 4.88 Å². The summed E-state index contributed by atoms with van der Waals surface area (Å²) < 4.78 is 31.4. The smallest absolute Gasteiger partial charge is 0.234 e. The first kappa shape index (κ1) is 13.9. The van der Waals surface area contributed by atoms with Gasteiger partial charge >= 0.3 is 0 Å². The fourth-order valence-electron chi connectivity index (χ4n) is 0.946. The number of ether oxygens (including phenoxy) is 2. The second-order valence-electron chi connectivity index (χ2n) is 2.99. The zero-order valence-corrected chi connectivity index (χ0v) is 11.0. The van der Waals surface area contributed by atoms with Gasteiger partial charge in [0.15, 0.2) is 0 Å². The van der Waals surface area contributed by atoms with Crippen LogP contribution < -0.4 is 0 Å². The van der Waals surface area contributed by atoms with E-state index < -0.39 is 9.05 Å². The van der Waals surface area contributed by atoms with E-state index in [1.807, 2.05) is 17.5 Å². The van der Waals surface area contributed by atoms with Crippen molar-refractivity contribution in [1.82, 2.24) is 0 Å². The first-order chi connectivity index (χ1) is 7.58. The van der Waals surface area contributed by atoms with E-state index in [2.05, 4.69) is 0 Å². The summed E-state index contributed by atoms with van der Waals surface area (Å²) in [4.78, 5) is 1.16. The molecule has 0 unspecified atom stereocenters. The molecule has 0 bridgehead atoms. The average Bonchev–Trinajstić information content (AvgIpc) is 2.67. The monoisotopic (exact) mass is 284 g/mol. The molecule has 0 saturated heterocycles. The van der Waals surface area contributed by atoms with Gasteiger partial charge in [-0.05, 0) is 11.4 Å². The molecule has 4 nitrogen and oxygen atoms in total. The van der Waals surface area contributed by atoms with Crippen molar-refractivity contribution in [2.24, 2.45) is 0 Å². The molecule has 0 radical (unpaired) electrons. The van der Waals surface area contributed by atoms with Crippen LogP contribution in [0.2, 0.25) is 0 Å². The minimum Gasteiger partial charge on any atom is -0.378 e. The molecule has 1 aromatic rings. The molecular weight excluding hydrogens is 272 g/mol. The number of hydrogen-bond acceptors (Lipinski definition) is 5. The third-order valence-corrected chi connectivity index (χ3v) is 3.64. The third-order valence-electron chi connectivity index (χ3n) is 1.67. The van der Waals surface area contributed by atoms with Crippen LogP contribution >= 0.6 is 22.0 Å². The molecule has 1 heterocycles. The van der Waals surface area contributed by atoms with Crippen molar-refractivity contribution >= 4 is 31.1 Å². The number of rotatable bonds is 8. The van der Waals surface area contributed by atoms with E-state index in [1.165, 1.54) is 0 Å². The molecule has 1 rings (SSSR count). The molecule has 1 aromatic heterocycles. The van der Waals surface area contributed by atoms with E-state index in [0.29, 0.717) is 19.8 Å². The highest BCUT2D eigenvalue weighted by atomic mass is 35.7. The van der Waals surface area contributed by atoms with Crippen LogP contribution in [0.4, 0.5) is 0 Å². The first-order valence-electron chi connectivity index (χ1n) is 4.68. The highest BCUT2D eigenvalue weighted by Crippen LogP contribution is 2.09. The maximum atomic E-state index is 10.5. The molecule has 0 saturated carbocycles. The first-order valence-corrected chi connectivity index (χ1v) is 8.04. The van der Waals surface area contributed by atoms with Gasteiger partial charge in [0.1, 0.15) is 0 Å². The normalized spacial score (nSPS) is 11.8. The van der Waals surface area contributed by atoms with Crippen LogP contribution in [0.25, 0.3) is 0 Å². The molecule has 92 valence electrons. The summed E-state index contributed by atoms with van der Waals surface area (Å²) >= 11 is 1.63. The molecule has 0 aromatic carbocycles. The fourth-order valence-corrected chi connectivity index (χ4v) is 2.09. The average molecular weight is 285 g/mol. The zero-order valence-electron chi connectivity index (χ0n) is 8.60. The van der Waals surface area contributed by atoms with E-state index in [4.69, 9.17) is 20.2 Å². The van der Waals surface area contributed by atoms with Crippen LogP contribution in [0, 0.1) is 0 Å². The lowest BCUT2D eigenvalue weighted by Crippen LogP contribution is -2.10. The molecule has 0 spiro atoms. The topological polar surface area (TPSA) is 52.6 Å². The second-order valence-corrected chi connectivity index (χ2v) is 6.92. The van der Waals surface area contributed by atoms with Gasteiger partial charge in [0.2, 0.25) is 9.05 Å². The van der Waals surface area contributed by atoms with Crippen molar-refractivity contribution in [2.75, 3.05) is 25.6 Å². The Morgan fingerprint density at radius 1 is 1.25 bits per heavy atom. The number of hydrogen-bond donors (Lipinski definition) is 0. The van der Waals surface area contributed by atoms with Crippen LogP contribution in [0.1, 0.15) is 4.88 Å². The van der Waals surface area contributed by atoms with Crippen LogP contribution in [0.3, 0.4) is 0 Å². The van der Waals surface area contributed by atoms with Gasteiger partial charge in [-0.2, -0.15) is 0 Å². The molecule has 0 aliphatic rings. The minimum atomic E-state index is -3.44. The molecule has 0 fully saturated rings. The van der Waals surface area contributed by atoms with Crippen molar-refractivity contribution in [3.8, 4) is 0 Å². The zero-order chi connectivity index (χ0) is 11.9. The molecule has 0 N–H and O–H groups in total. The largest absolute Gasteiger partial charge is 0.378 e. The molecule has 0 aliphatic heterocycles. The summed E-state index contributed by atoms with van der Waals surface area (Å²) in [5.41, 5.74) is 0. The molecular formula is C9H13ClO4S2. The van der Waals surface area contributed by atoms with Crippen molar-refractivity contribution < 1.29 is 17.9 Å². The third kappa shape index (κ3) is 7.19. The van der Waals surface area contributed by atoms with Gasteiger partial charge in [-0.15, -0.1) is 11.3 Å². The van der Waals surface area contributed by atoms with Gasteiger partial charge in [0.05, 0.1) is 32.2 Å². The Balaban J connectivity index is 1.93. The predicted molar refractivity (Wildman–Crippen MR) is 64.4 cm³/mol. The molecule has 0 atom stereocenters. The lowest BCUT2D eigenvalue weighted by Gasteiger charge is -2.03. The highest BCUT2D eigenvalue weighted by molar-refractivity contribution is 8.13. The van der Waals surface area contributed by atoms with Gasteiger partial charge in [0, 0.05) is 15.6 Å². The van der Waals surface area contributed by atoms with Crippen molar-refractivity contribution in [2.45, 2.75) is 6.61 Å². The standard InChI is InChI=1S/C9H13ClO4S2/c10-16(11,12)7-5-13-3-4-14-8-9-2-1-6-15-9/h1-2,6H,3-5,7-8H2. The number of thiophene rings is 1. The lowest BCUT2D eigenvalue weighted by atomic mass is 10.5. The van der Waals surface area contributed by atoms with Crippen molar-refractivity contribution in [3.63, 3.8) is 0 Å². The molecule has 0 amide bonds. The molecule has 16 heavy (non-hydrogen) atoms. The van der Waals surface area contributed by atoms with Crippen LogP contribution in [0.15, 0.2) is 17.5 Å². The SMILES string of the molecule is O=S(=O)(Cl)CCOCCOCc1cccs1. The van der Waals surface area contributed by atoms with E-state index in [-0.39, 0.29) is 12.4 Å². The Hall–Kier alpha value is -0.140. The summed E-state index contributed by atoms with van der Waals surface area (Å²) in [6.45, 7) is 1.49. The van der Waals surface area contributed by atoms with E-state index in [9.17, 15) is 8.42 Å². The summed E-state index contributed by atoms with van der Waals surface area (Å²) in [7, 11) is 1.56. The lowest BCUT2D eigenvalue weighted by molar-refractivity contribution is 0.0469. The maximum absolute atomic E-state index is 10.5. The van der Waals surface area contributed by atoms with E-state index >= 15 is 0 Å². The molecule has 7 heteroatoms. The van der Waals surface area contributed by atoms with Gasteiger partial charge < -0.3 is 9.47 Å². The van der Waals surface area contributed by atoms with Gasteiger partial charge in [-0.25, -0.2) is 8.42 Å². The fraction of sp³-hybridized carbons (Fsp3) is 0.556. The Bertz CT molecular complexity index is 374. The van der Waals surface area contributed by atoms with Crippen molar-refractivity contribution in [1.29, 1.82) is 0 Å². The summed E-state index contributed by atoms with van der Waals surface area (Å²) in [6, 6.07) is 3.96. The Kier molecular flexibility index (Phi) is 6.30. The van der Waals surface area contributed by atoms with Crippen LogP contribution in [-0.2, 0) is 25.1 Å². The Morgan fingerprint density at radius 2 is 2.00 bits per heavy atom. The highest BCUT2D eigenvalue weighted by Gasteiger charge is 2.03.